The number of pyridine rings is 1. The standard InChI is InChI=1S/C10H13N5O/c1-7(16)13-2-3-14-10-8(5-11)4-9(12)6-15-10/h4,6H,2-3,12H2,1H3,(H,13,16)(H,14,15). The van der Waals surface area contributed by atoms with E-state index in [0.29, 0.717) is 30.2 Å². The molecule has 16 heavy (non-hydrogen) atoms. The number of nitrogens with two attached hydrogens (primary N) is 1. The maximum absolute atomic E-state index is 10.6. The van der Waals surface area contributed by atoms with Crippen molar-refractivity contribution in [1.29, 1.82) is 5.26 Å². The summed E-state index contributed by atoms with van der Waals surface area (Å²) in [6, 6.07) is 3.54. The van der Waals surface area contributed by atoms with Gasteiger partial charge < -0.3 is 16.4 Å². The van der Waals surface area contributed by atoms with Gasteiger partial charge in [-0.25, -0.2) is 4.98 Å². The van der Waals surface area contributed by atoms with E-state index in [1.54, 1.807) is 6.07 Å². The molecule has 1 amide bonds. The normalized spacial score (nSPS) is 9.25. The average Bonchev–Trinajstić information content (AvgIpc) is 2.25. The molecule has 0 radical (unpaired) electrons. The van der Waals surface area contributed by atoms with Gasteiger partial charge >= 0.3 is 0 Å². The van der Waals surface area contributed by atoms with Crippen molar-refractivity contribution < 1.29 is 4.79 Å². The third-order valence-corrected chi connectivity index (χ3v) is 1.82. The number of amides is 1. The van der Waals surface area contributed by atoms with Crippen LogP contribution in [0.2, 0.25) is 0 Å². The van der Waals surface area contributed by atoms with Gasteiger partial charge in [-0.05, 0) is 6.07 Å². The first-order valence-corrected chi connectivity index (χ1v) is 4.77. The van der Waals surface area contributed by atoms with E-state index in [1.165, 1.54) is 13.1 Å². The lowest BCUT2D eigenvalue weighted by atomic mass is 10.2. The molecule has 1 aromatic rings. The fourth-order valence-corrected chi connectivity index (χ4v) is 1.13. The van der Waals surface area contributed by atoms with Crippen molar-refractivity contribution in [1.82, 2.24) is 10.3 Å². The fourth-order valence-electron chi connectivity index (χ4n) is 1.13. The largest absolute Gasteiger partial charge is 0.397 e. The molecule has 0 spiro atoms. The van der Waals surface area contributed by atoms with Gasteiger partial charge in [0.05, 0.1) is 17.4 Å². The molecule has 1 rings (SSSR count). The Balaban J connectivity index is 2.54. The van der Waals surface area contributed by atoms with Crippen molar-refractivity contribution >= 4 is 17.4 Å². The average molecular weight is 219 g/mol. The molecule has 1 aromatic heterocycles. The molecule has 0 saturated heterocycles. The predicted molar refractivity (Wildman–Crippen MR) is 60.5 cm³/mol. The van der Waals surface area contributed by atoms with Crippen LogP contribution in [0.1, 0.15) is 12.5 Å². The molecule has 0 bridgehead atoms. The van der Waals surface area contributed by atoms with Crippen LogP contribution in [0.3, 0.4) is 0 Å². The second kappa shape index (κ2) is 5.56. The van der Waals surface area contributed by atoms with Crippen molar-refractivity contribution in [3.05, 3.63) is 17.8 Å². The summed E-state index contributed by atoms with van der Waals surface area (Å²) in [5, 5.41) is 14.4. The van der Waals surface area contributed by atoms with Gasteiger partial charge in [0.1, 0.15) is 11.9 Å². The Morgan fingerprint density at radius 2 is 2.38 bits per heavy atom. The first kappa shape index (κ1) is 11.8. The summed E-state index contributed by atoms with van der Waals surface area (Å²) < 4.78 is 0. The number of carbonyl (C=O) groups is 1. The van der Waals surface area contributed by atoms with Crippen LogP contribution < -0.4 is 16.4 Å². The van der Waals surface area contributed by atoms with Gasteiger partial charge in [-0.1, -0.05) is 0 Å². The van der Waals surface area contributed by atoms with E-state index >= 15 is 0 Å². The number of anilines is 2. The zero-order valence-electron chi connectivity index (χ0n) is 8.95. The molecular formula is C10H13N5O. The quantitative estimate of drug-likeness (QED) is 0.622. The minimum Gasteiger partial charge on any atom is -0.397 e. The van der Waals surface area contributed by atoms with Gasteiger partial charge in [-0.15, -0.1) is 0 Å². The molecule has 0 aliphatic carbocycles. The van der Waals surface area contributed by atoms with Crippen LogP contribution >= 0.6 is 0 Å². The third-order valence-electron chi connectivity index (χ3n) is 1.82. The maximum atomic E-state index is 10.6. The number of aromatic nitrogens is 1. The van der Waals surface area contributed by atoms with Gasteiger partial charge in [0.25, 0.3) is 0 Å². The van der Waals surface area contributed by atoms with Crippen molar-refractivity contribution in [2.24, 2.45) is 0 Å². The van der Waals surface area contributed by atoms with Crippen LogP contribution in [0.4, 0.5) is 11.5 Å². The maximum Gasteiger partial charge on any atom is 0.216 e. The highest BCUT2D eigenvalue weighted by molar-refractivity contribution is 5.72. The SMILES string of the molecule is CC(=O)NCCNc1ncc(N)cc1C#N. The van der Waals surface area contributed by atoms with Crippen LogP contribution in [-0.4, -0.2) is 24.0 Å². The molecule has 0 saturated carbocycles. The smallest absolute Gasteiger partial charge is 0.216 e. The highest BCUT2D eigenvalue weighted by atomic mass is 16.1. The van der Waals surface area contributed by atoms with Crippen molar-refractivity contribution in [2.45, 2.75) is 6.92 Å². The molecule has 0 aliphatic rings. The molecular weight excluding hydrogens is 206 g/mol. The number of nitrogens with zero attached hydrogens (tertiary/aromatic N) is 2. The van der Waals surface area contributed by atoms with Crippen molar-refractivity contribution in [3.63, 3.8) is 0 Å². The summed E-state index contributed by atoms with van der Waals surface area (Å²) in [7, 11) is 0. The highest BCUT2D eigenvalue weighted by Gasteiger charge is 2.03. The Morgan fingerprint density at radius 1 is 1.62 bits per heavy atom. The van der Waals surface area contributed by atoms with Gasteiger partial charge in [-0.2, -0.15) is 5.26 Å². The number of hydrogen-bond acceptors (Lipinski definition) is 5. The summed E-state index contributed by atoms with van der Waals surface area (Å²) in [5.41, 5.74) is 6.34. The topological polar surface area (TPSA) is 104 Å². The van der Waals surface area contributed by atoms with Crippen molar-refractivity contribution in [3.8, 4) is 6.07 Å². The van der Waals surface area contributed by atoms with E-state index in [0.717, 1.165) is 0 Å². The lowest BCUT2D eigenvalue weighted by molar-refractivity contribution is -0.118. The molecule has 0 atom stereocenters. The number of nitrogens with one attached hydrogen (secondary N) is 2. The van der Waals surface area contributed by atoms with E-state index in [2.05, 4.69) is 15.6 Å². The number of nitrogen functional groups attached to an aromatic ring is 1. The summed E-state index contributed by atoms with van der Waals surface area (Å²) in [4.78, 5) is 14.6. The van der Waals surface area contributed by atoms with E-state index < -0.39 is 0 Å². The Kier molecular flexibility index (Phi) is 4.09. The summed E-state index contributed by atoms with van der Waals surface area (Å²) in [6.45, 7) is 2.43. The number of nitriles is 1. The number of rotatable bonds is 4. The molecule has 6 nitrogen and oxygen atoms in total. The van der Waals surface area contributed by atoms with Gasteiger partial charge in [0.2, 0.25) is 5.91 Å². The van der Waals surface area contributed by atoms with Crippen LogP contribution in [-0.2, 0) is 4.79 Å². The Labute approximate surface area is 93.5 Å². The molecule has 1 heterocycles. The molecule has 0 unspecified atom stereocenters. The lowest BCUT2D eigenvalue weighted by Crippen LogP contribution is -2.26. The monoisotopic (exact) mass is 219 g/mol. The van der Waals surface area contributed by atoms with Crippen LogP contribution in [0, 0.1) is 11.3 Å². The predicted octanol–water partition coefficient (Wildman–Crippen LogP) is 0.0835. The zero-order valence-corrected chi connectivity index (χ0v) is 8.95. The van der Waals surface area contributed by atoms with Gasteiger partial charge in [0, 0.05) is 20.0 Å². The Hall–Kier alpha value is -2.29. The van der Waals surface area contributed by atoms with Gasteiger partial charge in [-0.3, -0.25) is 4.79 Å². The Bertz CT molecular complexity index is 424. The molecule has 0 aromatic carbocycles. The first-order chi connectivity index (χ1) is 7.63. The number of hydrogen-bond donors (Lipinski definition) is 3. The second-order valence-electron chi connectivity index (χ2n) is 3.19. The molecule has 84 valence electrons. The van der Waals surface area contributed by atoms with E-state index in [4.69, 9.17) is 11.0 Å². The third kappa shape index (κ3) is 3.46. The molecule has 0 fully saturated rings. The first-order valence-electron chi connectivity index (χ1n) is 4.77. The van der Waals surface area contributed by atoms with E-state index in [9.17, 15) is 4.79 Å². The summed E-state index contributed by atoms with van der Waals surface area (Å²) in [6.07, 6.45) is 1.47. The number of carbonyl (C=O) groups excluding carboxylic acids is 1. The minimum atomic E-state index is -0.0902. The molecule has 0 aliphatic heterocycles. The molecule has 6 heteroatoms. The zero-order chi connectivity index (χ0) is 12.0. The summed E-state index contributed by atoms with van der Waals surface area (Å²) in [5.74, 6) is 0.384. The minimum absolute atomic E-state index is 0.0902. The second-order valence-corrected chi connectivity index (χ2v) is 3.19. The van der Waals surface area contributed by atoms with Crippen molar-refractivity contribution in [2.75, 3.05) is 24.1 Å². The van der Waals surface area contributed by atoms with Crippen LogP contribution in [0.5, 0.6) is 0 Å². The fraction of sp³-hybridized carbons (Fsp3) is 0.300. The highest BCUT2D eigenvalue weighted by Crippen LogP contribution is 2.13. The van der Waals surface area contributed by atoms with Crippen LogP contribution in [0.25, 0.3) is 0 Å². The summed E-state index contributed by atoms with van der Waals surface area (Å²) >= 11 is 0. The van der Waals surface area contributed by atoms with E-state index in [-0.39, 0.29) is 5.91 Å². The Morgan fingerprint density at radius 3 is 3.00 bits per heavy atom. The molecule has 4 N–H and O–H groups in total. The van der Waals surface area contributed by atoms with Gasteiger partial charge in [0.15, 0.2) is 0 Å². The van der Waals surface area contributed by atoms with Crippen LogP contribution in [0.15, 0.2) is 12.3 Å². The lowest BCUT2D eigenvalue weighted by Gasteiger charge is -2.07. The van der Waals surface area contributed by atoms with E-state index in [1.807, 2.05) is 6.07 Å².